The van der Waals surface area contributed by atoms with Crippen molar-refractivity contribution in [3.63, 3.8) is 0 Å². The Hall–Kier alpha value is -5.46. The summed E-state index contributed by atoms with van der Waals surface area (Å²) in [7, 11) is 1.69. The van der Waals surface area contributed by atoms with Gasteiger partial charge >= 0.3 is 0 Å². The minimum Gasteiger partial charge on any atom is -0.497 e. The lowest BCUT2D eigenvalue weighted by Gasteiger charge is -2.06. The minimum absolute atomic E-state index is 0.811. The molecule has 45 heavy (non-hydrogen) atoms. The summed E-state index contributed by atoms with van der Waals surface area (Å²) in [4.78, 5) is 17.8. The van der Waals surface area contributed by atoms with Crippen LogP contribution in [-0.2, 0) is 0 Å². The molecule has 0 saturated carbocycles. The molecule has 2 aliphatic rings. The number of benzene rings is 3. The molecule has 0 amide bonds. The van der Waals surface area contributed by atoms with Crippen LogP contribution in [0.15, 0.2) is 114 Å². The molecule has 0 saturated heterocycles. The quantitative estimate of drug-likeness (QED) is 0.200. The monoisotopic (exact) mass is 646 g/mol. The molecule has 3 aromatic carbocycles. The van der Waals surface area contributed by atoms with Gasteiger partial charge in [0.25, 0.3) is 0 Å². The Kier molecular flexibility index (Phi) is 6.77. The van der Waals surface area contributed by atoms with Crippen molar-refractivity contribution in [1.29, 1.82) is 0 Å². The third-order valence-electron chi connectivity index (χ3n) is 8.19. The number of nitrogens with zero attached hydrogens (tertiary/aromatic N) is 2. The summed E-state index contributed by atoms with van der Waals surface area (Å²) in [5.74, 6) is 0.811. The van der Waals surface area contributed by atoms with Gasteiger partial charge in [0.15, 0.2) is 0 Å². The molecule has 2 aliphatic heterocycles. The Balaban J connectivity index is 1.55. The van der Waals surface area contributed by atoms with Gasteiger partial charge < -0.3 is 14.7 Å². The predicted octanol–water partition coefficient (Wildman–Crippen LogP) is 10.4. The second-order valence-electron chi connectivity index (χ2n) is 10.9. The molecular formula is C39H27BrN4O. The SMILES string of the molecule is COc1ccc(-c2c3ccc([nH]3)c(-c3ccccc3)c3nc(c(Br)c4nc(c(-c5ccccc5)c5ccc2[nH]5)C=C4)C=C3)cc1. The van der Waals surface area contributed by atoms with Crippen LogP contribution in [0.4, 0.5) is 0 Å². The van der Waals surface area contributed by atoms with Gasteiger partial charge in [-0.2, -0.15) is 0 Å². The normalized spacial score (nSPS) is 12.0. The van der Waals surface area contributed by atoms with Crippen molar-refractivity contribution in [2.24, 2.45) is 0 Å². The Morgan fingerprint density at radius 3 is 1.31 bits per heavy atom. The minimum atomic E-state index is 0.811. The van der Waals surface area contributed by atoms with E-state index in [1.165, 1.54) is 0 Å². The van der Waals surface area contributed by atoms with Crippen molar-refractivity contribution < 1.29 is 4.74 Å². The lowest BCUT2D eigenvalue weighted by Crippen LogP contribution is -1.88. The van der Waals surface area contributed by atoms with Crippen LogP contribution in [0.25, 0.3) is 79.8 Å². The average Bonchev–Trinajstić information content (AvgIpc) is 3.92. The highest BCUT2D eigenvalue weighted by Crippen LogP contribution is 2.37. The van der Waals surface area contributed by atoms with Crippen LogP contribution in [0.2, 0.25) is 0 Å². The number of rotatable bonds is 4. The van der Waals surface area contributed by atoms with Gasteiger partial charge in [-0.25, -0.2) is 9.97 Å². The van der Waals surface area contributed by atoms with Crippen LogP contribution in [0.1, 0.15) is 22.8 Å². The van der Waals surface area contributed by atoms with E-state index in [-0.39, 0.29) is 0 Å². The molecule has 2 N–H and O–H groups in total. The van der Waals surface area contributed by atoms with Crippen LogP contribution in [0.5, 0.6) is 5.75 Å². The standard InChI is InChI=1S/C39H27BrN4O/c1-45-27-14-12-26(13-15-27)38-30-18-16-28(41-30)36(24-8-4-2-5-9-24)32-20-22-34(43-32)39(40)35-23-21-33(44-35)37(25-10-6-3-7-11-25)29-17-19-31(38)42-29/h2-23,41-42H,1H3. The summed E-state index contributed by atoms with van der Waals surface area (Å²) in [6.07, 6.45) is 8.25. The Morgan fingerprint density at radius 1 is 0.467 bits per heavy atom. The van der Waals surface area contributed by atoms with Crippen LogP contribution >= 0.6 is 15.9 Å². The summed E-state index contributed by atoms with van der Waals surface area (Å²) in [5, 5.41) is 0. The zero-order valence-electron chi connectivity index (χ0n) is 24.4. The summed E-state index contributed by atoms with van der Waals surface area (Å²) in [5.41, 5.74) is 13.7. The van der Waals surface area contributed by atoms with E-state index in [4.69, 9.17) is 14.7 Å². The fourth-order valence-corrected chi connectivity index (χ4v) is 6.50. The number of halogens is 1. The zero-order valence-corrected chi connectivity index (χ0v) is 26.0. The fourth-order valence-electron chi connectivity index (χ4n) is 6.06. The molecule has 3 aromatic heterocycles. The Bertz CT molecular complexity index is 2160. The highest BCUT2D eigenvalue weighted by Gasteiger charge is 2.17. The van der Waals surface area contributed by atoms with E-state index in [1.807, 2.05) is 36.4 Å². The van der Waals surface area contributed by atoms with Gasteiger partial charge in [0.2, 0.25) is 0 Å². The van der Waals surface area contributed by atoms with Crippen molar-refractivity contribution in [2.45, 2.75) is 0 Å². The summed E-state index contributed by atoms with van der Waals surface area (Å²) >= 11 is 3.84. The first-order valence-electron chi connectivity index (χ1n) is 14.7. The van der Waals surface area contributed by atoms with Crippen LogP contribution in [0, 0.1) is 0 Å². The first-order chi connectivity index (χ1) is 22.2. The number of fused-ring (bicyclic) bond motifs is 8. The predicted molar refractivity (Wildman–Crippen MR) is 189 cm³/mol. The van der Waals surface area contributed by atoms with E-state index in [0.717, 1.165) is 88.4 Å². The molecule has 0 aliphatic carbocycles. The maximum Gasteiger partial charge on any atom is 0.118 e. The molecule has 5 nitrogen and oxygen atoms in total. The molecule has 0 unspecified atom stereocenters. The number of hydrogen-bond acceptors (Lipinski definition) is 3. The van der Waals surface area contributed by atoms with Crippen LogP contribution < -0.4 is 4.74 Å². The van der Waals surface area contributed by atoms with Gasteiger partial charge in [0.05, 0.1) is 34.4 Å². The molecule has 0 spiro atoms. The second kappa shape index (κ2) is 11.2. The Morgan fingerprint density at radius 2 is 0.867 bits per heavy atom. The van der Waals surface area contributed by atoms with Gasteiger partial charge in [-0.1, -0.05) is 72.8 Å². The van der Waals surface area contributed by atoms with Gasteiger partial charge in [0, 0.05) is 38.8 Å². The van der Waals surface area contributed by atoms with Crippen molar-refractivity contribution in [3.8, 4) is 39.1 Å². The number of hydrogen-bond donors (Lipinski definition) is 2. The topological polar surface area (TPSA) is 66.6 Å². The largest absolute Gasteiger partial charge is 0.497 e. The van der Waals surface area contributed by atoms with E-state index >= 15 is 0 Å². The molecule has 6 heteroatoms. The fraction of sp³-hybridized carbons (Fsp3) is 0.0256. The van der Waals surface area contributed by atoms with Crippen LogP contribution in [0.3, 0.4) is 0 Å². The van der Waals surface area contributed by atoms with Gasteiger partial charge in [-0.15, -0.1) is 0 Å². The maximum atomic E-state index is 5.48. The first-order valence-corrected chi connectivity index (χ1v) is 15.5. The highest BCUT2D eigenvalue weighted by atomic mass is 79.9. The van der Waals surface area contributed by atoms with Gasteiger partial charge in [0.1, 0.15) is 5.75 Å². The lowest BCUT2D eigenvalue weighted by atomic mass is 10.0. The van der Waals surface area contributed by atoms with Crippen molar-refractivity contribution >= 4 is 62.3 Å². The lowest BCUT2D eigenvalue weighted by molar-refractivity contribution is 0.415. The molecule has 8 bridgehead atoms. The second-order valence-corrected chi connectivity index (χ2v) is 11.7. The van der Waals surface area contributed by atoms with E-state index < -0.39 is 0 Å². The van der Waals surface area contributed by atoms with Crippen LogP contribution in [-0.4, -0.2) is 27.0 Å². The average molecular weight is 648 g/mol. The van der Waals surface area contributed by atoms with Crippen molar-refractivity contribution in [1.82, 2.24) is 19.9 Å². The molecule has 216 valence electrons. The smallest absolute Gasteiger partial charge is 0.118 e. The number of ether oxygens (including phenoxy) is 1. The third kappa shape index (κ3) is 4.89. The molecule has 0 fully saturated rings. The molecule has 8 rings (SSSR count). The molecular weight excluding hydrogens is 620 g/mol. The number of nitrogens with one attached hydrogen (secondary N) is 2. The first kappa shape index (κ1) is 27.1. The maximum absolute atomic E-state index is 5.48. The van der Waals surface area contributed by atoms with E-state index in [2.05, 4.69) is 123 Å². The number of H-pyrrole nitrogens is 2. The summed E-state index contributed by atoms with van der Waals surface area (Å²) in [6, 6.07) is 37.6. The third-order valence-corrected chi connectivity index (χ3v) is 9.01. The number of aromatic nitrogens is 4. The van der Waals surface area contributed by atoms with E-state index in [9.17, 15) is 0 Å². The summed E-state index contributed by atoms with van der Waals surface area (Å²) < 4.78 is 6.33. The molecule has 5 heterocycles. The number of methoxy groups -OCH3 is 1. The molecule has 0 radical (unpaired) electrons. The highest BCUT2D eigenvalue weighted by molar-refractivity contribution is 9.10. The van der Waals surface area contributed by atoms with Crippen molar-refractivity contribution in [3.05, 3.63) is 136 Å². The van der Waals surface area contributed by atoms with Gasteiger partial charge in [-0.05, 0) is 93.3 Å². The molecule has 6 aromatic rings. The zero-order chi connectivity index (χ0) is 30.3. The van der Waals surface area contributed by atoms with E-state index in [1.54, 1.807) is 7.11 Å². The van der Waals surface area contributed by atoms with Crippen molar-refractivity contribution in [2.75, 3.05) is 7.11 Å². The summed E-state index contributed by atoms with van der Waals surface area (Å²) in [6.45, 7) is 0. The van der Waals surface area contributed by atoms with E-state index in [0.29, 0.717) is 0 Å². The number of aromatic amines is 2. The van der Waals surface area contributed by atoms with Gasteiger partial charge in [-0.3, -0.25) is 0 Å². The Labute approximate surface area is 268 Å². The molecule has 0 atom stereocenters.